The number of benzene rings is 2. The summed E-state index contributed by atoms with van der Waals surface area (Å²) in [5.41, 5.74) is 4.50. The zero-order valence-corrected chi connectivity index (χ0v) is 11.7. The molecule has 1 atom stereocenters. The first-order chi connectivity index (χ1) is 9.25. The van der Waals surface area contributed by atoms with Crippen LogP contribution in [0.3, 0.4) is 0 Å². The summed E-state index contributed by atoms with van der Waals surface area (Å²) in [6.45, 7) is 4.75. The van der Waals surface area contributed by atoms with Gasteiger partial charge in [0.2, 0.25) is 0 Å². The first kappa shape index (κ1) is 15.6. The van der Waals surface area contributed by atoms with Gasteiger partial charge in [-0.1, -0.05) is 37.3 Å². The molecule has 0 amide bonds. The largest absolute Gasteiger partial charge is 0.333 e. The lowest BCUT2D eigenvalue weighted by atomic mass is 10.1. The monoisotopic (exact) mass is 262 g/mol. The van der Waals surface area contributed by atoms with E-state index < -0.39 is 0 Å². The highest BCUT2D eigenvalue weighted by molar-refractivity contribution is 5.82. The van der Waals surface area contributed by atoms with Crippen molar-refractivity contribution >= 4 is 10.8 Å². The van der Waals surface area contributed by atoms with E-state index in [-0.39, 0.29) is 5.82 Å². The van der Waals surface area contributed by atoms with E-state index in [0.29, 0.717) is 0 Å². The van der Waals surface area contributed by atoms with Crippen molar-refractivity contribution < 1.29 is 4.39 Å². The first-order valence-electron chi connectivity index (χ1n) is 6.68. The van der Waals surface area contributed by atoms with Crippen molar-refractivity contribution in [2.45, 2.75) is 13.3 Å². The molecule has 2 nitrogen and oxygen atoms in total. The highest BCUT2D eigenvalue weighted by Crippen LogP contribution is 2.13. The summed E-state index contributed by atoms with van der Waals surface area (Å²) < 4.78 is 12.6. The van der Waals surface area contributed by atoms with Gasteiger partial charge in [-0.3, -0.25) is 0 Å². The number of hydrogen-bond donors (Lipinski definition) is 2. The van der Waals surface area contributed by atoms with Crippen molar-refractivity contribution in [3.8, 4) is 0 Å². The average molecular weight is 262 g/mol. The number of rotatable bonds is 0. The smallest absolute Gasteiger partial charge is 0.123 e. The molecular formula is C16H23FN2. The third-order valence-corrected chi connectivity index (χ3v) is 3.02. The Kier molecular flexibility index (Phi) is 7.08. The average Bonchev–Trinajstić information content (AvgIpc) is 2.93. The lowest BCUT2D eigenvalue weighted by Gasteiger charge is -1.94. The van der Waals surface area contributed by atoms with Crippen LogP contribution in [0.4, 0.5) is 4.39 Å². The van der Waals surface area contributed by atoms with Gasteiger partial charge in [-0.25, -0.2) is 4.39 Å². The van der Waals surface area contributed by atoms with Gasteiger partial charge in [-0.05, 0) is 55.4 Å². The normalized spacial score (nSPS) is 17.2. The minimum atomic E-state index is -0.177. The Labute approximate surface area is 114 Å². The van der Waals surface area contributed by atoms with Crippen molar-refractivity contribution in [2.75, 3.05) is 20.1 Å². The minimum absolute atomic E-state index is 0.177. The minimum Gasteiger partial charge on any atom is -0.333 e. The fourth-order valence-corrected chi connectivity index (χ4v) is 1.96. The standard InChI is InChI=1S/C10H7F.C5H11N.CH5N/c11-10-6-5-8-3-1-2-4-9(8)7-10;1-5-2-3-6-4-5;1-2/h1-7H;5-6H,2-4H2,1H3;2H2,1H3. The Morgan fingerprint density at radius 3 is 2.32 bits per heavy atom. The predicted molar refractivity (Wildman–Crippen MR) is 80.7 cm³/mol. The van der Waals surface area contributed by atoms with Gasteiger partial charge in [0.1, 0.15) is 5.82 Å². The second-order valence-electron chi connectivity index (χ2n) is 4.59. The molecule has 1 unspecified atom stereocenters. The van der Waals surface area contributed by atoms with Crippen molar-refractivity contribution in [3.63, 3.8) is 0 Å². The number of hydrogen-bond acceptors (Lipinski definition) is 2. The summed E-state index contributed by atoms with van der Waals surface area (Å²) >= 11 is 0. The van der Waals surface area contributed by atoms with Gasteiger partial charge >= 0.3 is 0 Å². The molecule has 1 saturated heterocycles. The van der Waals surface area contributed by atoms with Crippen molar-refractivity contribution in [3.05, 3.63) is 48.3 Å². The zero-order chi connectivity index (χ0) is 14.1. The first-order valence-corrected chi connectivity index (χ1v) is 6.68. The number of nitrogens with two attached hydrogens (primary N) is 1. The van der Waals surface area contributed by atoms with Crippen molar-refractivity contribution in [1.29, 1.82) is 0 Å². The van der Waals surface area contributed by atoms with Crippen LogP contribution in [0.25, 0.3) is 10.8 Å². The molecule has 104 valence electrons. The summed E-state index contributed by atoms with van der Waals surface area (Å²) in [7, 11) is 1.50. The van der Waals surface area contributed by atoms with E-state index in [4.69, 9.17) is 0 Å². The fourth-order valence-electron chi connectivity index (χ4n) is 1.96. The van der Waals surface area contributed by atoms with Crippen LogP contribution in [0.1, 0.15) is 13.3 Å². The molecule has 3 rings (SSSR count). The second-order valence-corrected chi connectivity index (χ2v) is 4.59. The van der Waals surface area contributed by atoms with E-state index in [1.165, 1.54) is 38.7 Å². The molecule has 0 saturated carbocycles. The van der Waals surface area contributed by atoms with E-state index in [1.54, 1.807) is 6.07 Å². The number of fused-ring (bicyclic) bond motifs is 1. The molecule has 0 aliphatic carbocycles. The van der Waals surface area contributed by atoms with Gasteiger partial charge in [0.25, 0.3) is 0 Å². The van der Waals surface area contributed by atoms with E-state index in [2.05, 4.69) is 18.0 Å². The van der Waals surface area contributed by atoms with Crippen LogP contribution in [-0.2, 0) is 0 Å². The SMILES string of the molecule is CC1CCNC1.CN.Fc1ccc2ccccc2c1. The molecule has 1 heterocycles. The molecule has 0 spiro atoms. The summed E-state index contributed by atoms with van der Waals surface area (Å²) in [6, 6.07) is 12.5. The lowest BCUT2D eigenvalue weighted by Crippen LogP contribution is -2.06. The molecule has 1 aliphatic heterocycles. The van der Waals surface area contributed by atoms with Gasteiger partial charge in [0.15, 0.2) is 0 Å². The highest BCUT2D eigenvalue weighted by atomic mass is 19.1. The Hall–Kier alpha value is -1.45. The number of nitrogens with one attached hydrogen (secondary N) is 1. The third kappa shape index (κ3) is 5.37. The molecule has 1 fully saturated rings. The van der Waals surface area contributed by atoms with E-state index in [9.17, 15) is 4.39 Å². The van der Waals surface area contributed by atoms with Crippen LogP contribution in [0, 0.1) is 11.7 Å². The van der Waals surface area contributed by atoms with E-state index >= 15 is 0 Å². The molecule has 3 N–H and O–H groups in total. The molecular weight excluding hydrogens is 239 g/mol. The quantitative estimate of drug-likeness (QED) is 0.765. The Morgan fingerprint density at radius 2 is 1.79 bits per heavy atom. The Morgan fingerprint density at radius 1 is 1.11 bits per heavy atom. The fraction of sp³-hybridized carbons (Fsp3) is 0.375. The molecule has 1 aliphatic rings. The maximum absolute atomic E-state index is 12.6. The molecule has 2 aromatic rings. The van der Waals surface area contributed by atoms with Gasteiger partial charge in [0, 0.05) is 0 Å². The van der Waals surface area contributed by atoms with Gasteiger partial charge < -0.3 is 11.1 Å². The van der Waals surface area contributed by atoms with Crippen LogP contribution >= 0.6 is 0 Å². The maximum atomic E-state index is 12.6. The lowest BCUT2D eigenvalue weighted by molar-refractivity contribution is 0.630. The summed E-state index contributed by atoms with van der Waals surface area (Å²) in [5.74, 6) is 0.758. The maximum Gasteiger partial charge on any atom is 0.123 e. The van der Waals surface area contributed by atoms with Crippen LogP contribution in [0.5, 0.6) is 0 Å². The van der Waals surface area contributed by atoms with Gasteiger partial charge in [-0.15, -0.1) is 0 Å². The van der Waals surface area contributed by atoms with Crippen LogP contribution < -0.4 is 11.1 Å². The number of halogens is 1. The molecule has 3 heteroatoms. The summed E-state index contributed by atoms with van der Waals surface area (Å²) in [4.78, 5) is 0. The van der Waals surface area contributed by atoms with Crippen LogP contribution in [0.15, 0.2) is 42.5 Å². The third-order valence-electron chi connectivity index (χ3n) is 3.02. The molecule has 0 aromatic heterocycles. The van der Waals surface area contributed by atoms with Crippen LogP contribution in [-0.4, -0.2) is 20.1 Å². The van der Waals surface area contributed by atoms with E-state index in [1.807, 2.05) is 24.3 Å². The van der Waals surface area contributed by atoms with Crippen LogP contribution in [0.2, 0.25) is 0 Å². The van der Waals surface area contributed by atoms with Crippen molar-refractivity contribution in [2.24, 2.45) is 11.7 Å². The Bertz CT molecular complexity index is 479. The topological polar surface area (TPSA) is 38.0 Å². The molecule has 19 heavy (non-hydrogen) atoms. The summed E-state index contributed by atoms with van der Waals surface area (Å²) in [5, 5.41) is 5.30. The van der Waals surface area contributed by atoms with Crippen molar-refractivity contribution in [1.82, 2.24) is 5.32 Å². The molecule has 0 radical (unpaired) electrons. The van der Waals surface area contributed by atoms with Gasteiger partial charge in [0.05, 0.1) is 0 Å². The highest BCUT2D eigenvalue weighted by Gasteiger charge is 2.06. The molecule has 2 aromatic carbocycles. The second kappa shape index (κ2) is 8.62. The predicted octanol–water partition coefficient (Wildman–Crippen LogP) is 3.17. The zero-order valence-electron chi connectivity index (χ0n) is 11.7. The van der Waals surface area contributed by atoms with Gasteiger partial charge in [-0.2, -0.15) is 0 Å². The molecule has 0 bridgehead atoms. The van der Waals surface area contributed by atoms with E-state index in [0.717, 1.165) is 16.7 Å². The Balaban J connectivity index is 0.000000192. The summed E-state index contributed by atoms with van der Waals surface area (Å²) in [6.07, 6.45) is 1.38.